The van der Waals surface area contributed by atoms with Crippen LogP contribution >= 0.6 is 23.4 Å². The Bertz CT molecular complexity index is 842. The van der Waals surface area contributed by atoms with Crippen molar-refractivity contribution in [1.82, 2.24) is 0 Å². The van der Waals surface area contributed by atoms with E-state index in [-0.39, 0.29) is 11.3 Å². The summed E-state index contributed by atoms with van der Waals surface area (Å²) in [4.78, 5) is 35.6. The van der Waals surface area contributed by atoms with E-state index in [0.29, 0.717) is 15.6 Å². The van der Waals surface area contributed by atoms with Gasteiger partial charge in [-0.15, -0.1) is 11.8 Å². The van der Waals surface area contributed by atoms with E-state index in [1.165, 1.54) is 36.9 Å². The van der Waals surface area contributed by atoms with Gasteiger partial charge in [0.15, 0.2) is 6.10 Å². The minimum atomic E-state index is -1.14. The Morgan fingerprint density at radius 3 is 2.46 bits per heavy atom. The molecule has 136 valence electrons. The van der Waals surface area contributed by atoms with Gasteiger partial charge in [-0.25, -0.2) is 4.79 Å². The smallest absolute Gasteiger partial charge is 0.345 e. The number of benzene rings is 2. The third-order valence-corrected chi connectivity index (χ3v) is 4.36. The molecule has 0 spiro atoms. The van der Waals surface area contributed by atoms with Gasteiger partial charge in [0, 0.05) is 21.7 Å². The van der Waals surface area contributed by atoms with E-state index in [2.05, 4.69) is 5.32 Å². The Morgan fingerprint density at radius 1 is 1.23 bits per heavy atom. The SMILES string of the molecule is CSc1ccc([N+](=O)[O-])c(C(=O)OC(C)C(=O)Nc2ccc(Cl)cc2)c1. The normalized spacial score (nSPS) is 11.5. The van der Waals surface area contributed by atoms with Gasteiger partial charge in [0.1, 0.15) is 5.56 Å². The molecule has 0 aliphatic rings. The number of rotatable bonds is 6. The van der Waals surface area contributed by atoms with Gasteiger partial charge in [0.05, 0.1) is 4.92 Å². The van der Waals surface area contributed by atoms with Gasteiger partial charge < -0.3 is 10.1 Å². The van der Waals surface area contributed by atoms with Crippen LogP contribution in [-0.4, -0.2) is 29.2 Å². The van der Waals surface area contributed by atoms with E-state index in [4.69, 9.17) is 16.3 Å². The fraction of sp³-hybridized carbons (Fsp3) is 0.176. The van der Waals surface area contributed by atoms with Crippen LogP contribution in [0.3, 0.4) is 0 Å². The highest BCUT2D eigenvalue weighted by molar-refractivity contribution is 7.98. The molecule has 0 saturated carbocycles. The zero-order valence-electron chi connectivity index (χ0n) is 13.9. The summed E-state index contributed by atoms with van der Waals surface area (Å²) < 4.78 is 5.09. The number of nitro groups is 1. The lowest BCUT2D eigenvalue weighted by atomic mass is 10.2. The molecule has 1 amide bonds. The van der Waals surface area contributed by atoms with Gasteiger partial charge in [-0.2, -0.15) is 0 Å². The Hall–Kier alpha value is -2.58. The summed E-state index contributed by atoms with van der Waals surface area (Å²) in [6, 6.07) is 10.5. The van der Waals surface area contributed by atoms with Gasteiger partial charge in [0.2, 0.25) is 0 Å². The second kappa shape index (κ2) is 8.68. The van der Waals surface area contributed by atoms with Crippen molar-refractivity contribution in [3.63, 3.8) is 0 Å². The summed E-state index contributed by atoms with van der Waals surface area (Å²) in [6.07, 6.45) is 0.633. The number of amides is 1. The zero-order valence-corrected chi connectivity index (χ0v) is 15.5. The molecule has 0 bridgehead atoms. The van der Waals surface area contributed by atoms with E-state index in [9.17, 15) is 19.7 Å². The minimum Gasteiger partial charge on any atom is -0.449 e. The molecule has 2 aromatic carbocycles. The van der Waals surface area contributed by atoms with Crippen LogP contribution in [0.15, 0.2) is 47.4 Å². The molecule has 9 heteroatoms. The molecule has 0 heterocycles. The second-order valence-corrected chi connectivity index (χ2v) is 6.50. The Kier molecular flexibility index (Phi) is 6.59. The van der Waals surface area contributed by atoms with Crippen molar-refractivity contribution < 1.29 is 19.2 Å². The molecule has 0 radical (unpaired) electrons. The van der Waals surface area contributed by atoms with E-state index >= 15 is 0 Å². The number of hydrogen-bond donors (Lipinski definition) is 1. The molecule has 26 heavy (non-hydrogen) atoms. The van der Waals surface area contributed by atoms with E-state index < -0.39 is 22.9 Å². The van der Waals surface area contributed by atoms with Crippen molar-refractivity contribution in [1.29, 1.82) is 0 Å². The molecule has 0 aliphatic carbocycles. The van der Waals surface area contributed by atoms with E-state index in [1.54, 1.807) is 30.5 Å². The maximum atomic E-state index is 12.3. The Labute approximate surface area is 158 Å². The maximum Gasteiger partial charge on any atom is 0.345 e. The first-order valence-corrected chi connectivity index (χ1v) is 9.02. The Balaban J connectivity index is 2.12. The first-order valence-electron chi connectivity index (χ1n) is 7.41. The number of ether oxygens (including phenoxy) is 1. The minimum absolute atomic E-state index is 0.201. The molecule has 0 aromatic heterocycles. The predicted molar refractivity (Wildman–Crippen MR) is 99.8 cm³/mol. The van der Waals surface area contributed by atoms with E-state index in [0.717, 1.165) is 0 Å². The lowest BCUT2D eigenvalue weighted by Gasteiger charge is -2.14. The lowest BCUT2D eigenvalue weighted by Crippen LogP contribution is -2.30. The van der Waals surface area contributed by atoms with Crippen molar-refractivity contribution in [2.45, 2.75) is 17.9 Å². The van der Waals surface area contributed by atoms with Gasteiger partial charge >= 0.3 is 5.97 Å². The highest BCUT2D eigenvalue weighted by Gasteiger charge is 2.25. The number of nitrogens with zero attached hydrogens (tertiary/aromatic N) is 1. The monoisotopic (exact) mass is 394 g/mol. The molecular formula is C17H15ClN2O5S. The lowest BCUT2D eigenvalue weighted by molar-refractivity contribution is -0.385. The predicted octanol–water partition coefficient (Wildman–Crippen LogP) is 4.15. The van der Waals surface area contributed by atoms with Crippen molar-refractivity contribution in [2.75, 3.05) is 11.6 Å². The number of anilines is 1. The molecule has 0 fully saturated rings. The summed E-state index contributed by atoms with van der Waals surface area (Å²) in [5.74, 6) is -1.50. The number of nitro benzene ring substituents is 1. The first-order chi connectivity index (χ1) is 12.3. The summed E-state index contributed by atoms with van der Waals surface area (Å²) in [7, 11) is 0. The second-order valence-electron chi connectivity index (χ2n) is 5.18. The fourth-order valence-electron chi connectivity index (χ4n) is 2.02. The number of thioether (sulfide) groups is 1. The molecule has 1 N–H and O–H groups in total. The third-order valence-electron chi connectivity index (χ3n) is 3.39. The summed E-state index contributed by atoms with van der Waals surface area (Å²) in [5, 5.41) is 14.2. The van der Waals surface area contributed by atoms with Crippen molar-refractivity contribution in [3.05, 3.63) is 63.2 Å². The van der Waals surface area contributed by atoms with Gasteiger partial charge in [-0.05, 0) is 49.6 Å². The molecule has 0 aliphatic heterocycles. The zero-order chi connectivity index (χ0) is 19.3. The van der Waals surface area contributed by atoms with Crippen LogP contribution in [0.4, 0.5) is 11.4 Å². The van der Waals surface area contributed by atoms with Gasteiger partial charge in [-0.3, -0.25) is 14.9 Å². The largest absolute Gasteiger partial charge is 0.449 e. The van der Waals surface area contributed by atoms with Crippen molar-refractivity contribution >= 4 is 46.6 Å². The number of nitrogens with one attached hydrogen (secondary N) is 1. The molecular weight excluding hydrogens is 380 g/mol. The number of carbonyl (C=O) groups excluding carboxylic acids is 2. The van der Waals surface area contributed by atoms with Crippen molar-refractivity contribution in [2.24, 2.45) is 0 Å². The number of halogens is 1. The third kappa shape index (κ3) is 4.96. The van der Waals surface area contributed by atoms with Crippen LogP contribution in [0.25, 0.3) is 0 Å². The van der Waals surface area contributed by atoms with Crippen LogP contribution < -0.4 is 5.32 Å². The van der Waals surface area contributed by atoms with Crippen LogP contribution in [0.2, 0.25) is 5.02 Å². The van der Waals surface area contributed by atoms with Crippen molar-refractivity contribution in [3.8, 4) is 0 Å². The number of esters is 1. The van der Waals surface area contributed by atoms with Crippen LogP contribution in [0.1, 0.15) is 17.3 Å². The highest BCUT2D eigenvalue weighted by Crippen LogP contribution is 2.26. The summed E-state index contributed by atoms with van der Waals surface area (Å²) in [5.41, 5.74) is -0.0937. The van der Waals surface area contributed by atoms with Gasteiger partial charge in [0.25, 0.3) is 11.6 Å². The van der Waals surface area contributed by atoms with Gasteiger partial charge in [-0.1, -0.05) is 11.6 Å². The topological polar surface area (TPSA) is 98.5 Å². The molecule has 2 rings (SSSR count). The average Bonchev–Trinajstić information content (AvgIpc) is 2.62. The number of carbonyl (C=O) groups is 2. The molecule has 7 nitrogen and oxygen atoms in total. The standard InChI is InChI=1S/C17H15ClN2O5S/c1-10(16(21)19-12-5-3-11(18)4-6-12)25-17(22)14-9-13(26-2)7-8-15(14)20(23)24/h3-10H,1-2H3,(H,19,21). The molecule has 1 unspecified atom stereocenters. The fourth-order valence-corrected chi connectivity index (χ4v) is 2.59. The Morgan fingerprint density at radius 2 is 1.88 bits per heavy atom. The van der Waals surface area contributed by atoms with E-state index in [1.807, 2.05) is 0 Å². The molecule has 1 atom stereocenters. The van der Waals surface area contributed by atoms with Crippen LogP contribution in [0, 0.1) is 10.1 Å². The summed E-state index contributed by atoms with van der Waals surface area (Å²) in [6.45, 7) is 1.38. The van der Waals surface area contributed by atoms with Crippen LogP contribution in [-0.2, 0) is 9.53 Å². The quantitative estimate of drug-likeness (QED) is 0.342. The highest BCUT2D eigenvalue weighted by atomic mass is 35.5. The molecule has 0 saturated heterocycles. The maximum absolute atomic E-state index is 12.3. The summed E-state index contributed by atoms with van der Waals surface area (Å²) >= 11 is 7.10. The number of hydrogen-bond acceptors (Lipinski definition) is 6. The van der Waals surface area contributed by atoms with Crippen LogP contribution in [0.5, 0.6) is 0 Å². The molecule has 2 aromatic rings. The average molecular weight is 395 g/mol. The first kappa shape index (κ1) is 19.7.